The van der Waals surface area contributed by atoms with E-state index in [2.05, 4.69) is 309 Å². The molecule has 10 nitrogen and oxygen atoms in total. The fourth-order valence-corrected chi connectivity index (χ4v) is 14.6. The number of para-hydroxylation sites is 8. The third kappa shape index (κ3) is 9.96. The maximum absolute atomic E-state index is 5.15. The van der Waals surface area contributed by atoms with Crippen molar-refractivity contribution in [3.8, 4) is 91.1 Å². The molecular formula is C90H58N10. The Morgan fingerprint density at radius 3 is 0.690 bits per heavy atom. The Hall–Kier alpha value is -13.7. The van der Waals surface area contributed by atoms with Crippen molar-refractivity contribution in [3.63, 3.8) is 0 Å². The van der Waals surface area contributed by atoms with Gasteiger partial charge in [0.1, 0.15) is 0 Å². The first kappa shape index (κ1) is 57.7. The van der Waals surface area contributed by atoms with Crippen LogP contribution in [-0.4, -0.2) is 48.2 Å². The topological polar surface area (TPSA) is 97.1 Å². The first-order chi connectivity index (χ1) is 49.6. The second-order valence-electron chi connectivity index (χ2n) is 25.0. The van der Waals surface area contributed by atoms with Crippen LogP contribution in [0.3, 0.4) is 0 Å². The van der Waals surface area contributed by atoms with Gasteiger partial charge in [-0.1, -0.05) is 273 Å². The molecule has 10 heteroatoms. The maximum atomic E-state index is 5.15. The molecule has 0 saturated heterocycles. The van der Waals surface area contributed by atoms with Gasteiger partial charge in [-0.25, -0.2) is 9.97 Å². The zero-order valence-electron chi connectivity index (χ0n) is 54.0. The summed E-state index contributed by atoms with van der Waals surface area (Å²) < 4.78 is 8.99. The Labute approximate surface area is 575 Å². The first-order valence-electron chi connectivity index (χ1n) is 33.6. The highest BCUT2D eigenvalue weighted by molar-refractivity contribution is 6.12. The molecule has 0 radical (unpaired) electrons. The summed E-state index contributed by atoms with van der Waals surface area (Å²) in [6.07, 6.45) is 0. The fraction of sp³-hybridized carbons (Fsp3) is 0. The van der Waals surface area contributed by atoms with Crippen LogP contribution in [0.5, 0.6) is 0 Å². The molecule has 0 aliphatic rings. The summed E-state index contributed by atoms with van der Waals surface area (Å²) >= 11 is 0. The molecule has 14 aromatic carbocycles. The van der Waals surface area contributed by atoms with Gasteiger partial charge in [0.15, 0.2) is 23.3 Å². The predicted molar refractivity (Wildman–Crippen MR) is 410 cm³/mol. The highest BCUT2D eigenvalue weighted by Crippen LogP contribution is 2.39. The van der Waals surface area contributed by atoms with Crippen LogP contribution in [0.2, 0.25) is 0 Å². The monoisotopic (exact) mass is 1280 g/mol. The summed E-state index contributed by atoms with van der Waals surface area (Å²) in [7, 11) is 0. The van der Waals surface area contributed by atoms with Crippen LogP contribution in [0.15, 0.2) is 352 Å². The first-order valence-corrected chi connectivity index (χ1v) is 33.6. The van der Waals surface area contributed by atoms with E-state index in [1.807, 2.05) is 60.7 Å². The summed E-state index contributed by atoms with van der Waals surface area (Å²) in [5.74, 6) is 3.71. The largest absolute Gasteiger partial charge is 0.309 e. The number of benzene rings is 14. The van der Waals surface area contributed by atoms with Crippen LogP contribution in [0.4, 0.5) is 0 Å². The van der Waals surface area contributed by atoms with Crippen molar-refractivity contribution in [3.05, 3.63) is 352 Å². The summed E-state index contributed by atoms with van der Waals surface area (Å²) in [6, 6.07) is 123. The van der Waals surface area contributed by atoms with E-state index in [0.717, 1.165) is 88.7 Å². The molecule has 6 aromatic heterocycles. The standard InChI is InChI=1S/2C45H29N5/c1-2-13-31(14-3-1)43-46-44(48-45(47-43)50-41-23-10-6-19-37(41)38-20-7-11-24-42(38)50)33-16-12-15-32(29-33)30-25-27-34(28-26-30)49-39-21-8-4-17-35(39)36-18-5-9-22-40(36)49;1-2-12-32(13-3-1)43-46-44(48-45(47-43)50-41-20-10-6-16-37(41)38-17-7-11-21-42(38)50)33-24-22-30(23-25-33)31-26-28-34(29-27-31)49-39-18-8-4-14-35(39)36-15-5-9-19-40(36)49/h2*1-29H. The summed E-state index contributed by atoms with van der Waals surface area (Å²) in [4.78, 5) is 30.4. The van der Waals surface area contributed by atoms with Gasteiger partial charge in [-0.2, -0.15) is 19.9 Å². The van der Waals surface area contributed by atoms with E-state index in [4.69, 9.17) is 29.9 Å². The van der Waals surface area contributed by atoms with Gasteiger partial charge in [-0.15, -0.1) is 0 Å². The zero-order chi connectivity index (χ0) is 66.0. The normalized spacial score (nSPS) is 11.6. The van der Waals surface area contributed by atoms with E-state index in [-0.39, 0.29) is 0 Å². The van der Waals surface area contributed by atoms with Crippen LogP contribution in [0, 0.1) is 0 Å². The van der Waals surface area contributed by atoms with Gasteiger partial charge in [0.05, 0.1) is 44.1 Å². The lowest BCUT2D eigenvalue weighted by Gasteiger charge is -2.12. The third-order valence-corrected chi connectivity index (χ3v) is 19.2. The lowest BCUT2D eigenvalue weighted by atomic mass is 10.0. The summed E-state index contributed by atoms with van der Waals surface area (Å²) in [5, 5.41) is 9.70. The molecule has 0 bridgehead atoms. The second-order valence-corrected chi connectivity index (χ2v) is 25.0. The Kier molecular flexibility index (Phi) is 14.0. The highest BCUT2D eigenvalue weighted by Gasteiger charge is 2.21. The van der Waals surface area contributed by atoms with Gasteiger partial charge < -0.3 is 9.13 Å². The minimum Gasteiger partial charge on any atom is -0.309 e. The Morgan fingerprint density at radius 1 is 0.150 bits per heavy atom. The fourth-order valence-electron chi connectivity index (χ4n) is 14.6. The average Bonchev–Trinajstić information content (AvgIpc) is 1.66. The number of hydrogen-bond donors (Lipinski definition) is 0. The Bertz CT molecular complexity index is 6290. The molecule has 20 aromatic rings. The van der Waals surface area contributed by atoms with E-state index in [1.54, 1.807) is 0 Å². The lowest BCUT2D eigenvalue weighted by Crippen LogP contribution is -2.06. The van der Waals surface area contributed by atoms with Gasteiger partial charge in [0.2, 0.25) is 11.9 Å². The molecule has 0 saturated carbocycles. The van der Waals surface area contributed by atoms with Crippen molar-refractivity contribution in [2.75, 3.05) is 0 Å². The number of hydrogen-bond acceptors (Lipinski definition) is 6. The Morgan fingerprint density at radius 2 is 0.370 bits per heavy atom. The number of fused-ring (bicyclic) bond motifs is 12. The number of nitrogens with zero attached hydrogens (tertiary/aromatic N) is 10. The van der Waals surface area contributed by atoms with Gasteiger partial charge in [0.25, 0.3) is 0 Å². The van der Waals surface area contributed by atoms with E-state index in [1.165, 1.54) is 54.4 Å². The van der Waals surface area contributed by atoms with Crippen molar-refractivity contribution in [1.29, 1.82) is 0 Å². The zero-order valence-corrected chi connectivity index (χ0v) is 54.0. The molecule has 0 unspecified atom stereocenters. The van der Waals surface area contributed by atoms with Gasteiger partial charge in [0, 0.05) is 76.7 Å². The SMILES string of the molecule is c1ccc(-c2nc(-c3ccc(-c4ccc(-n5c6ccccc6c6ccccc65)cc4)cc3)nc(-n3c4ccccc4c4ccccc43)n2)cc1.c1ccc(-c2nc(-c3cccc(-c4ccc(-n5c6ccccc6c6ccccc65)cc4)c3)nc(-n3c4ccccc4c4ccccc43)n2)cc1. The molecule has 20 rings (SSSR count). The molecular weight excluding hydrogens is 1220 g/mol. The quantitative estimate of drug-likeness (QED) is 0.135. The molecule has 0 aliphatic carbocycles. The molecule has 0 fully saturated rings. The van der Waals surface area contributed by atoms with Crippen molar-refractivity contribution >= 4 is 87.2 Å². The third-order valence-electron chi connectivity index (χ3n) is 19.2. The second kappa shape index (κ2) is 24.2. The van der Waals surface area contributed by atoms with Crippen molar-refractivity contribution in [2.24, 2.45) is 0 Å². The minimum absolute atomic E-state index is 0.590. The average molecular weight is 1280 g/mol. The maximum Gasteiger partial charge on any atom is 0.238 e. The predicted octanol–water partition coefficient (Wildman–Crippen LogP) is 22.1. The summed E-state index contributed by atoms with van der Waals surface area (Å²) in [5.41, 5.74) is 19.5. The van der Waals surface area contributed by atoms with Crippen molar-refractivity contribution in [1.82, 2.24) is 48.2 Å². The van der Waals surface area contributed by atoms with Crippen molar-refractivity contribution < 1.29 is 0 Å². The molecule has 0 atom stereocenters. The Balaban J connectivity index is 0.000000139. The van der Waals surface area contributed by atoms with Gasteiger partial charge in [-0.05, 0) is 101 Å². The van der Waals surface area contributed by atoms with E-state index in [9.17, 15) is 0 Å². The molecule has 100 heavy (non-hydrogen) atoms. The van der Waals surface area contributed by atoms with Gasteiger partial charge in [-0.3, -0.25) is 9.13 Å². The number of rotatable bonds is 10. The highest BCUT2D eigenvalue weighted by atomic mass is 15.2. The van der Waals surface area contributed by atoms with Crippen LogP contribution >= 0.6 is 0 Å². The lowest BCUT2D eigenvalue weighted by molar-refractivity contribution is 0.953. The smallest absolute Gasteiger partial charge is 0.238 e. The molecule has 0 amide bonds. The number of aromatic nitrogens is 10. The van der Waals surface area contributed by atoms with Gasteiger partial charge >= 0.3 is 0 Å². The molecule has 468 valence electrons. The van der Waals surface area contributed by atoms with Crippen LogP contribution in [-0.2, 0) is 0 Å². The van der Waals surface area contributed by atoms with Crippen molar-refractivity contribution in [2.45, 2.75) is 0 Å². The molecule has 6 heterocycles. The van der Waals surface area contributed by atoms with Crippen LogP contribution < -0.4 is 0 Å². The van der Waals surface area contributed by atoms with E-state index >= 15 is 0 Å². The van der Waals surface area contributed by atoms with E-state index in [0.29, 0.717) is 35.2 Å². The van der Waals surface area contributed by atoms with Crippen LogP contribution in [0.1, 0.15) is 0 Å². The molecule has 0 N–H and O–H groups in total. The molecule has 0 aliphatic heterocycles. The molecule has 0 spiro atoms. The van der Waals surface area contributed by atoms with Crippen LogP contribution in [0.25, 0.3) is 178 Å². The minimum atomic E-state index is 0.590. The van der Waals surface area contributed by atoms with E-state index < -0.39 is 0 Å². The summed E-state index contributed by atoms with van der Waals surface area (Å²) in [6.45, 7) is 0.